The van der Waals surface area contributed by atoms with Gasteiger partial charge in [-0.25, -0.2) is 9.78 Å². The quantitative estimate of drug-likeness (QED) is 0.720. The van der Waals surface area contributed by atoms with Crippen LogP contribution >= 0.6 is 11.3 Å². The molecule has 0 spiro atoms. The van der Waals surface area contributed by atoms with Gasteiger partial charge in [-0.05, 0) is 26.3 Å². The molecule has 1 aromatic carbocycles. The number of aromatic nitrogens is 2. The minimum Gasteiger partial charge on any atom is -0.465 e. The highest BCUT2D eigenvalue weighted by atomic mass is 32.1. The maximum Gasteiger partial charge on any atom is 0.339 e. The van der Waals surface area contributed by atoms with Gasteiger partial charge in [0.15, 0.2) is 0 Å². The summed E-state index contributed by atoms with van der Waals surface area (Å²) in [6.07, 6.45) is 0. The van der Waals surface area contributed by atoms with E-state index in [-0.39, 0.29) is 5.97 Å². The maximum atomic E-state index is 12.0. The van der Waals surface area contributed by atoms with E-state index in [1.54, 1.807) is 11.3 Å². The van der Waals surface area contributed by atoms with Crippen molar-refractivity contribution < 1.29 is 9.53 Å². The zero-order chi connectivity index (χ0) is 16.6. The topological polar surface area (TPSA) is 55.0 Å². The number of aryl methyl sites for hydroxylation is 2. The SMILES string of the molecule is COC(=O)c1c(C)[nH]c(-c2nc(-c3ccccc3)sc2C)c1C. The molecule has 2 aromatic heterocycles. The summed E-state index contributed by atoms with van der Waals surface area (Å²) in [7, 11) is 1.40. The highest BCUT2D eigenvalue weighted by Gasteiger charge is 2.22. The van der Waals surface area contributed by atoms with E-state index in [9.17, 15) is 4.79 Å². The highest BCUT2D eigenvalue weighted by molar-refractivity contribution is 7.15. The van der Waals surface area contributed by atoms with Crippen molar-refractivity contribution in [3.05, 3.63) is 52.0 Å². The first-order chi connectivity index (χ1) is 11.0. The molecule has 1 N–H and O–H groups in total. The van der Waals surface area contributed by atoms with E-state index < -0.39 is 0 Å². The molecule has 0 aliphatic carbocycles. The summed E-state index contributed by atoms with van der Waals surface area (Å²) in [5.41, 5.74) is 5.15. The van der Waals surface area contributed by atoms with E-state index in [1.807, 2.05) is 39.0 Å². The molecule has 2 heterocycles. The van der Waals surface area contributed by atoms with Crippen LogP contribution in [0.3, 0.4) is 0 Å². The Labute approximate surface area is 139 Å². The first kappa shape index (κ1) is 15.5. The Morgan fingerprint density at radius 1 is 1.17 bits per heavy atom. The van der Waals surface area contributed by atoms with Crippen LogP contribution in [0.15, 0.2) is 30.3 Å². The average molecular weight is 326 g/mol. The van der Waals surface area contributed by atoms with E-state index in [1.165, 1.54) is 7.11 Å². The first-order valence-corrected chi connectivity index (χ1v) is 8.15. The lowest BCUT2D eigenvalue weighted by Gasteiger charge is -2.00. The van der Waals surface area contributed by atoms with Crippen molar-refractivity contribution in [2.75, 3.05) is 7.11 Å². The fourth-order valence-corrected chi connectivity index (χ4v) is 3.65. The van der Waals surface area contributed by atoms with E-state index in [0.717, 1.165) is 38.1 Å². The number of rotatable bonds is 3. The Morgan fingerprint density at radius 3 is 2.52 bits per heavy atom. The molecule has 0 radical (unpaired) electrons. The van der Waals surface area contributed by atoms with Gasteiger partial charge in [0.05, 0.1) is 18.4 Å². The highest BCUT2D eigenvalue weighted by Crippen LogP contribution is 2.35. The summed E-state index contributed by atoms with van der Waals surface area (Å²) in [5, 5.41) is 0.976. The van der Waals surface area contributed by atoms with Crippen LogP contribution in [0.1, 0.15) is 26.5 Å². The molecule has 5 heteroatoms. The van der Waals surface area contributed by atoms with Crippen LogP contribution in [-0.2, 0) is 4.74 Å². The lowest BCUT2D eigenvalue weighted by Crippen LogP contribution is -2.03. The molecule has 0 aliphatic rings. The number of esters is 1. The lowest BCUT2D eigenvalue weighted by atomic mass is 10.1. The van der Waals surface area contributed by atoms with Gasteiger partial charge in [0.25, 0.3) is 0 Å². The maximum absolute atomic E-state index is 12.0. The summed E-state index contributed by atoms with van der Waals surface area (Å²) in [6, 6.07) is 10.1. The van der Waals surface area contributed by atoms with Crippen LogP contribution in [-0.4, -0.2) is 23.0 Å². The molecule has 0 saturated heterocycles. The number of aromatic amines is 1. The molecule has 4 nitrogen and oxygen atoms in total. The molecule has 0 unspecified atom stereocenters. The summed E-state index contributed by atoms with van der Waals surface area (Å²) in [6.45, 7) is 5.85. The molecule has 0 saturated carbocycles. The minimum atomic E-state index is -0.321. The Kier molecular flexibility index (Phi) is 4.05. The average Bonchev–Trinajstić information content (AvgIpc) is 3.07. The zero-order valence-corrected chi connectivity index (χ0v) is 14.4. The number of carbonyl (C=O) groups excluding carboxylic acids is 1. The van der Waals surface area contributed by atoms with Gasteiger partial charge in [0.2, 0.25) is 0 Å². The largest absolute Gasteiger partial charge is 0.465 e. The second-order valence-electron chi connectivity index (χ2n) is 5.41. The van der Waals surface area contributed by atoms with Crippen molar-refractivity contribution in [2.24, 2.45) is 0 Å². The minimum absolute atomic E-state index is 0.321. The third-order valence-electron chi connectivity index (χ3n) is 3.88. The molecule has 3 aromatic rings. The standard InChI is InChI=1S/C18H18N2O2S/c1-10-14(18(21)22-4)11(2)19-15(10)16-12(3)23-17(20-16)13-8-6-5-7-9-13/h5-9,19H,1-4H3. The number of nitrogens with zero attached hydrogens (tertiary/aromatic N) is 1. The second kappa shape index (κ2) is 6.01. The zero-order valence-electron chi connectivity index (χ0n) is 13.6. The monoisotopic (exact) mass is 326 g/mol. The van der Waals surface area contributed by atoms with Crippen molar-refractivity contribution in [1.82, 2.24) is 9.97 Å². The van der Waals surface area contributed by atoms with E-state index >= 15 is 0 Å². The van der Waals surface area contributed by atoms with Crippen LogP contribution in [0, 0.1) is 20.8 Å². The van der Waals surface area contributed by atoms with Gasteiger partial charge in [0.1, 0.15) is 10.7 Å². The van der Waals surface area contributed by atoms with Gasteiger partial charge in [0, 0.05) is 16.1 Å². The molecule has 0 amide bonds. The normalized spacial score (nSPS) is 10.8. The van der Waals surface area contributed by atoms with Gasteiger partial charge in [-0.3, -0.25) is 0 Å². The molecule has 0 atom stereocenters. The van der Waals surface area contributed by atoms with Gasteiger partial charge in [-0.15, -0.1) is 11.3 Å². The first-order valence-electron chi connectivity index (χ1n) is 7.33. The van der Waals surface area contributed by atoms with E-state index in [4.69, 9.17) is 9.72 Å². The van der Waals surface area contributed by atoms with Crippen LogP contribution in [0.5, 0.6) is 0 Å². The van der Waals surface area contributed by atoms with E-state index in [0.29, 0.717) is 5.56 Å². The molecule has 0 aliphatic heterocycles. The number of benzene rings is 1. The van der Waals surface area contributed by atoms with Crippen LogP contribution in [0.4, 0.5) is 0 Å². The molecule has 3 rings (SSSR count). The Hall–Kier alpha value is -2.40. The second-order valence-corrected chi connectivity index (χ2v) is 6.61. The van der Waals surface area contributed by atoms with E-state index in [2.05, 4.69) is 17.1 Å². The van der Waals surface area contributed by atoms with Crippen LogP contribution < -0.4 is 0 Å². The summed E-state index contributed by atoms with van der Waals surface area (Å²) in [4.78, 5) is 21.1. The lowest BCUT2D eigenvalue weighted by molar-refractivity contribution is 0.0599. The molecule has 0 fully saturated rings. The number of methoxy groups -OCH3 is 1. The van der Waals surface area contributed by atoms with Crippen LogP contribution in [0.25, 0.3) is 22.0 Å². The van der Waals surface area contributed by atoms with Gasteiger partial charge >= 0.3 is 5.97 Å². The summed E-state index contributed by atoms with van der Waals surface area (Å²) in [5.74, 6) is -0.321. The Bertz CT molecular complexity index is 863. The number of ether oxygens (including phenoxy) is 1. The number of nitrogens with one attached hydrogen (secondary N) is 1. The molecule has 118 valence electrons. The van der Waals surface area contributed by atoms with Crippen molar-refractivity contribution in [2.45, 2.75) is 20.8 Å². The van der Waals surface area contributed by atoms with Crippen molar-refractivity contribution in [1.29, 1.82) is 0 Å². The van der Waals surface area contributed by atoms with Crippen molar-refractivity contribution >= 4 is 17.3 Å². The van der Waals surface area contributed by atoms with Crippen LogP contribution in [0.2, 0.25) is 0 Å². The smallest absolute Gasteiger partial charge is 0.339 e. The number of carbonyl (C=O) groups is 1. The Balaban J connectivity index is 2.10. The number of hydrogen-bond acceptors (Lipinski definition) is 4. The van der Waals surface area contributed by atoms with Gasteiger partial charge in [-0.2, -0.15) is 0 Å². The van der Waals surface area contributed by atoms with Gasteiger partial charge < -0.3 is 9.72 Å². The predicted octanol–water partition coefficient (Wildman–Crippen LogP) is 4.52. The van der Waals surface area contributed by atoms with Crippen molar-refractivity contribution in [3.8, 4) is 22.0 Å². The van der Waals surface area contributed by atoms with Crippen molar-refractivity contribution in [3.63, 3.8) is 0 Å². The third kappa shape index (κ3) is 2.68. The number of thiazole rings is 1. The number of hydrogen-bond donors (Lipinski definition) is 1. The summed E-state index contributed by atoms with van der Waals surface area (Å²) >= 11 is 1.65. The fraction of sp³-hybridized carbons (Fsp3) is 0.222. The Morgan fingerprint density at radius 2 is 1.87 bits per heavy atom. The molecular formula is C18H18N2O2S. The molecule has 23 heavy (non-hydrogen) atoms. The fourth-order valence-electron chi connectivity index (χ4n) is 2.73. The third-order valence-corrected chi connectivity index (χ3v) is 4.90. The molecule has 0 bridgehead atoms. The summed E-state index contributed by atoms with van der Waals surface area (Å²) < 4.78 is 4.88. The predicted molar refractivity (Wildman–Crippen MR) is 92.9 cm³/mol. The van der Waals surface area contributed by atoms with Gasteiger partial charge in [-0.1, -0.05) is 30.3 Å². The number of H-pyrrole nitrogens is 1. The molecular weight excluding hydrogens is 308 g/mol.